The number of likely N-dealkylation sites (N-methyl/N-ethyl adjacent to an activating group) is 1. The number of ether oxygens (including phenoxy) is 1. The molecule has 112 valence electrons. The first kappa shape index (κ1) is 14.8. The molecule has 1 unspecified atom stereocenters. The van der Waals surface area contributed by atoms with Gasteiger partial charge in [-0.25, -0.2) is 4.98 Å². The summed E-state index contributed by atoms with van der Waals surface area (Å²) in [5.74, 6) is -0.573. The molecule has 0 bridgehead atoms. The molecule has 1 aliphatic rings. The lowest BCUT2D eigenvalue weighted by Crippen LogP contribution is -2.40. The van der Waals surface area contributed by atoms with Gasteiger partial charge in [0.2, 0.25) is 11.8 Å². The number of aromatic nitrogens is 2. The van der Waals surface area contributed by atoms with Crippen LogP contribution in [-0.4, -0.2) is 41.1 Å². The first-order valence-corrected chi connectivity index (χ1v) is 6.41. The number of halogens is 3. The summed E-state index contributed by atoms with van der Waals surface area (Å²) in [6.45, 7) is 1.26. The molecule has 0 amide bonds. The van der Waals surface area contributed by atoms with E-state index in [4.69, 9.17) is 10.5 Å². The number of alkyl halides is 3. The number of nitrogen functional groups attached to an aromatic ring is 1. The number of hydrogen-bond donors (Lipinski definition) is 1. The van der Waals surface area contributed by atoms with E-state index in [0.29, 0.717) is 6.61 Å². The Balaban J connectivity index is 2.04. The quantitative estimate of drug-likeness (QED) is 0.921. The fraction of sp³-hybridized carbons (Fsp3) is 0.667. The van der Waals surface area contributed by atoms with Crippen LogP contribution in [-0.2, 0) is 6.18 Å². The summed E-state index contributed by atoms with van der Waals surface area (Å²) in [5.41, 5.74) is 4.19. The second-order valence-electron chi connectivity index (χ2n) is 4.89. The maximum absolute atomic E-state index is 12.6. The highest BCUT2D eigenvalue weighted by Gasteiger charge is 2.34. The largest absolute Gasteiger partial charge is 0.476 e. The van der Waals surface area contributed by atoms with E-state index in [2.05, 4.69) is 14.9 Å². The number of nitrogens with two attached hydrogens (primary N) is 1. The summed E-state index contributed by atoms with van der Waals surface area (Å²) in [5, 5.41) is 0. The van der Waals surface area contributed by atoms with Crippen LogP contribution in [0.15, 0.2) is 6.07 Å². The Morgan fingerprint density at radius 1 is 1.40 bits per heavy atom. The van der Waals surface area contributed by atoms with Crippen LogP contribution in [0.4, 0.5) is 19.1 Å². The molecular formula is C12H17F3N4O. The molecule has 2 rings (SSSR count). The highest BCUT2D eigenvalue weighted by molar-refractivity contribution is 5.27. The molecule has 0 aliphatic carbocycles. The Morgan fingerprint density at radius 2 is 2.15 bits per heavy atom. The first-order valence-electron chi connectivity index (χ1n) is 6.41. The van der Waals surface area contributed by atoms with Crippen molar-refractivity contribution in [2.75, 3.05) is 25.9 Å². The molecule has 20 heavy (non-hydrogen) atoms. The van der Waals surface area contributed by atoms with Gasteiger partial charge in [-0.1, -0.05) is 6.42 Å². The minimum atomic E-state index is -4.56. The van der Waals surface area contributed by atoms with E-state index < -0.39 is 17.8 Å². The highest BCUT2D eigenvalue weighted by atomic mass is 19.4. The van der Waals surface area contributed by atoms with Gasteiger partial charge in [0.1, 0.15) is 6.61 Å². The van der Waals surface area contributed by atoms with Gasteiger partial charge in [-0.05, 0) is 26.4 Å². The summed E-state index contributed by atoms with van der Waals surface area (Å²) in [7, 11) is 1.97. The Labute approximate surface area is 114 Å². The summed E-state index contributed by atoms with van der Waals surface area (Å²) in [6, 6.07) is 0.966. The molecule has 2 N–H and O–H groups in total. The van der Waals surface area contributed by atoms with Gasteiger partial charge in [0.25, 0.3) is 0 Å². The van der Waals surface area contributed by atoms with Crippen LogP contribution in [0.2, 0.25) is 0 Å². The number of anilines is 1. The van der Waals surface area contributed by atoms with E-state index in [-0.39, 0.29) is 11.9 Å². The molecule has 1 aliphatic heterocycles. The van der Waals surface area contributed by atoms with E-state index >= 15 is 0 Å². The average molecular weight is 290 g/mol. The smallest absolute Gasteiger partial charge is 0.433 e. The molecule has 0 radical (unpaired) electrons. The Bertz CT molecular complexity index is 467. The molecule has 0 saturated carbocycles. The molecule has 5 nitrogen and oxygen atoms in total. The van der Waals surface area contributed by atoms with Crippen molar-refractivity contribution in [1.29, 1.82) is 0 Å². The van der Waals surface area contributed by atoms with Gasteiger partial charge < -0.3 is 15.4 Å². The van der Waals surface area contributed by atoms with Crippen molar-refractivity contribution in [2.24, 2.45) is 0 Å². The predicted molar refractivity (Wildman–Crippen MR) is 67.2 cm³/mol. The van der Waals surface area contributed by atoms with Gasteiger partial charge in [0.15, 0.2) is 5.69 Å². The van der Waals surface area contributed by atoms with Crippen molar-refractivity contribution < 1.29 is 17.9 Å². The van der Waals surface area contributed by atoms with Gasteiger partial charge in [-0.15, -0.1) is 0 Å². The van der Waals surface area contributed by atoms with Crippen molar-refractivity contribution in [2.45, 2.75) is 31.5 Å². The Hall–Kier alpha value is -1.57. The van der Waals surface area contributed by atoms with E-state index in [0.717, 1.165) is 31.9 Å². The zero-order valence-electron chi connectivity index (χ0n) is 11.2. The van der Waals surface area contributed by atoms with Crippen LogP contribution in [0.3, 0.4) is 0 Å². The van der Waals surface area contributed by atoms with Crippen molar-refractivity contribution in [3.05, 3.63) is 11.8 Å². The van der Waals surface area contributed by atoms with Gasteiger partial charge in [-0.3, -0.25) is 0 Å². The zero-order valence-corrected chi connectivity index (χ0v) is 11.2. The second kappa shape index (κ2) is 5.82. The van der Waals surface area contributed by atoms with Crippen molar-refractivity contribution in [3.8, 4) is 5.88 Å². The Kier molecular flexibility index (Phi) is 4.32. The molecule has 1 saturated heterocycles. The van der Waals surface area contributed by atoms with Crippen LogP contribution < -0.4 is 10.5 Å². The van der Waals surface area contributed by atoms with Gasteiger partial charge in [0, 0.05) is 12.1 Å². The van der Waals surface area contributed by atoms with Crippen LogP contribution in [0.25, 0.3) is 0 Å². The SMILES string of the molecule is CN1CCCCC1COc1cc(C(F)(F)F)nc(N)n1. The third kappa shape index (κ3) is 3.72. The minimum Gasteiger partial charge on any atom is -0.476 e. The fourth-order valence-electron chi connectivity index (χ4n) is 2.20. The molecule has 1 aromatic rings. The van der Waals surface area contributed by atoms with Gasteiger partial charge >= 0.3 is 6.18 Å². The van der Waals surface area contributed by atoms with Crippen LogP contribution in [0.1, 0.15) is 25.0 Å². The number of piperidine rings is 1. The number of hydrogen-bond acceptors (Lipinski definition) is 5. The van der Waals surface area contributed by atoms with Gasteiger partial charge in [-0.2, -0.15) is 18.2 Å². The second-order valence-corrected chi connectivity index (χ2v) is 4.89. The lowest BCUT2D eigenvalue weighted by molar-refractivity contribution is -0.141. The monoisotopic (exact) mass is 290 g/mol. The van der Waals surface area contributed by atoms with E-state index in [9.17, 15) is 13.2 Å². The van der Waals surface area contributed by atoms with Crippen molar-refractivity contribution >= 4 is 5.95 Å². The molecule has 8 heteroatoms. The number of rotatable bonds is 3. The number of likely N-dealkylation sites (tertiary alicyclic amines) is 1. The topological polar surface area (TPSA) is 64.3 Å². The van der Waals surface area contributed by atoms with Crippen molar-refractivity contribution in [3.63, 3.8) is 0 Å². The third-order valence-corrected chi connectivity index (χ3v) is 3.36. The summed E-state index contributed by atoms with van der Waals surface area (Å²) in [6.07, 6.45) is -1.37. The fourth-order valence-corrected chi connectivity index (χ4v) is 2.20. The summed E-state index contributed by atoms with van der Waals surface area (Å²) >= 11 is 0. The molecule has 2 heterocycles. The van der Waals surface area contributed by atoms with Crippen LogP contribution >= 0.6 is 0 Å². The molecular weight excluding hydrogens is 273 g/mol. The van der Waals surface area contributed by atoms with E-state index in [1.807, 2.05) is 7.05 Å². The molecule has 1 aromatic heterocycles. The van der Waals surface area contributed by atoms with Crippen LogP contribution in [0.5, 0.6) is 5.88 Å². The minimum absolute atomic E-state index is 0.135. The lowest BCUT2D eigenvalue weighted by atomic mass is 10.0. The predicted octanol–water partition coefficient (Wildman–Crippen LogP) is 1.94. The average Bonchev–Trinajstić information content (AvgIpc) is 2.36. The van der Waals surface area contributed by atoms with Crippen LogP contribution in [0, 0.1) is 0 Å². The molecule has 0 aromatic carbocycles. The number of nitrogens with zero attached hydrogens (tertiary/aromatic N) is 3. The zero-order chi connectivity index (χ0) is 14.8. The molecule has 0 spiro atoms. The standard InChI is InChI=1S/C12H17F3N4O/c1-19-5-3-2-4-8(19)7-20-10-6-9(12(13,14)15)17-11(16)18-10/h6,8H,2-5,7H2,1H3,(H2,16,17,18). The lowest BCUT2D eigenvalue weighted by Gasteiger charge is -2.31. The Morgan fingerprint density at radius 3 is 2.80 bits per heavy atom. The maximum Gasteiger partial charge on any atom is 0.433 e. The normalized spacial score (nSPS) is 20.9. The maximum atomic E-state index is 12.6. The third-order valence-electron chi connectivity index (χ3n) is 3.36. The summed E-state index contributed by atoms with van der Waals surface area (Å²) in [4.78, 5) is 8.99. The van der Waals surface area contributed by atoms with E-state index in [1.54, 1.807) is 0 Å². The molecule has 1 atom stereocenters. The van der Waals surface area contributed by atoms with Crippen molar-refractivity contribution in [1.82, 2.24) is 14.9 Å². The van der Waals surface area contributed by atoms with E-state index in [1.165, 1.54) is 0 Å². The summed E-state index contributed by atoms with van der Waals surface area (Å²) < 4.78 is 43.1. The first-order chi connectivity index (χ1) is 9.36. The van der Waals surface area contributed by atoms with Gasteiger partial charge in [0.05, 0.1) is 0 Å². The highest BCUT2D eigenvalue weighted by Crippen LogP contribution is 2.30. The molecule has 1 fully saturated rings.